The highest BCUT2D eigenvalue weighted by molar-refractivity contribution is 5.71. The van der Waals surface area contributed by atoms with E-state index in [2.05, 4.69) is 10.3 Å². The molecule has 5 heteroatoms. The van der Waals surface area contributed by atoms with Gasteiger partial charge in [0.05, 0.1) is 6.20 Å². The van der Waals surface area contributed by atoms with E-state index < -0.39 is 12.0 Å². The maximum Gasteiger partial charge on any atom is 0.328 e. The van der Waals surface area contributed by atoms with Crippen LogP contribution in [0.2, 0.25) is 0 Å². The third-order valence-electron chi connectivity index (χ3n) is 5.96. The lowest BCUT2D eigenvalue weighted by atomic mass is 9.51. The molecule has 1 aromatic heterocycles. The number of carboxylic acid groups (broad SMARTS) is 1. The molecule has 0 radical (unpaired) electrons. The minimum absolute atomic E-state index is 0.542. The first-order chi connectivity index (χ1) is 9.70. The number of hydrogen-bond acceptors (Lipinski definition) is 3. The van der Waals surface area contributed by atoms with Crippen molar-refractivity contribution in [3.05, 3.63) is 12.4 Å². The van der Waals surface area contributed by atoms with E-state index in [0.29, 0.717) is 5.92 Å². The second-order valence-electron chi connectivity index (χ2n) is 7.07. The van der Waals surface area contributed by atoms with Crippen LogP contribution in [0.1, 0.15) is 44.6 Å². The van der Waals surface area contributed by atoms with Gasteiger partial charge in [0.25, 0.3) is 0 Å². The second-order valence-corrected chi connectivity index (χ2v) is 7.07. The predicted molar refractivity (Wildman–Crippen MR) is 71.8 cm³/mol. The van der Waals surface area contributed by atoms with E-state index >= 15 is 0 Å². The molecule has 0 amide bonds. The zero-order valence-electron chi connectivity index (χ0n) is 11.6. The highest BCUT2D eigenvalue weighted by Crippen LogP contribution is 2.58. The van der Waals surface area contributed by atoms with Gasteiger partial charge in [-0.1, -0.05) is 5.21 Å². The largest absolute Gasteiger partial charge is 0.480 e. The highest BCUT2D eigenvalue weighted by atomic mass is 16.4. The van der Waals surface area contributed by atoms with E-state index in [1.165, 1.54) is 36.8 Å². The first-order valence-electron chi connectivity index (χ1n) is 7.79. The Morgan fingerprint density at radius 3 is 2.35 bits per heavy atom. The predicted octanol–water partition coefficient (Wildman–Crippen LogP) is 2.37. The van der Waals surface area contributed by atoms with Crippen molar-refractivity contribution in [1.29, 1.82) is 0 Å². The second kappa shape index (κ2) is 4.57. The molecule has 5 nitrogen and oxygen atoms in total. The summed E-state index contributed by atoms with van der Waals surface area (Å²) in [6.45, 7) is 0. The summed E-state index contributed by atoms with van der Waals surface area (Å²) in [4.78, 5) is 11.6. The summed E-state index contributed by atoms with van der Waals surface area (Å²) in [7, 11) is 0. The lowest BCUT2D eigenvalue weighted by Gasteiger charge is -2.55. The van der Waals surface area contributed by atoms with E-state index in [-0.39, 0.29) is 0 Å². The average Bonchev–Trinajstić information content (AvgIpc) is 2.90. The molecule has 0 aromatic carbocycles. The monoisotopic (exact) mass is 275 g/mol. The summed E-state index contributed by atoms with van der Waals surface area (Å²) in [6, 6.07) is -0.542. The quantitative estimate of drug-likeness (QED) is 0.916. The van der Waals surface area contributed by atoms with Gasteiger partial charge in [-0.3, -0.25) is 0 Å². The Labute approximate surface area is 118 Å². The molecule has 0 aliphatic heterocycles. The van der Waals surface area contributed by atoms with Crippen molar-refractivity contribution in [2.45, 2.75) is 44.6 Å². The minimum atomic E-state index is -0.774. The van der Waals surface area contributed by atoms with Crippen LogP contribution >= 0.6 is 0 Å². The van der Waals surface area contributed by atoms with Crippen molar-refractivity contribution in [3.8, 4) is 0 Å². The molecular weight excluding hydrogens is 254 g/mol. The lowest BCUT2D eigenvalue weighted by Crippen LogP contribution is -2.46. The molecule has 1 heterocycles. The van der Waals surface area contributed by atoms with Crippen LogP contribution in [0.4, 0.5) is 0 Å². The van der Waals surface area contributed by atoms with Crippen molar-refractivity contribution in [3.63, 3.8) is 0 Å². The molecule has 1 N–H and O–H groups in total. The van der Waals surface area contributed by atoms with Crippen molar-refractivity contribution in [2.24, 2.45) is 29.6 Å². The summed E-state index contributed by atoms with van der Waals surface area (Å²) in [5.41, 5.74) is 0. The summed E-state index contributed by atoms with van der Waals surface area (Å²) in [5, 5.41) is 17.2. The maximum absolute atomic E-state index is 11.6. The molecule has 20 heavy (non-hydrogen) atoms. The van der Waals surface area contributed by atoms with Crippen LogP contribution in [0.3, 0.4) is 0 Å². The van der Waals surface area contributed by atoms with Crippen LogP contribution in [0.15, 0.2) is 12.4 Å². The van der Waals surface area contributed by atoms with Gasteiger partial charge in [0.15, 0.2) is 6.04 Å². The number of hydrogen-bond donors (Lipinski definition) is 1. The first-order valence-corrected chi connectivity index (χ1v) is 7.79. The van der Waals surface area contributed by atoms with Crippen molar-refractivity contribution in [1.82, 2.24) is 15.0 Å². The summed E-state index contributed by atoms with van der Waals surface area (Å²) >= 11 is 0. The molecular formula is C15H21N3O2. The van der Waals surface area contributed by atoms with Gasteiger partial charge in [0, 0.05) is 6.20 Å². The Hall–Kier alpha value is -1.39. The fourth-order valence-corrected chi connectivity index (χ4v) is 5.39. The Bertz CT molecular complexity index is 471. The number of carboxylic acids is 1. The van der Waals surface area contributed by atoms with E-state index in [9.17, 15) is 9.90 Å². The Morgan fingerprint density at radius 2 is 1.85 bits per heavy atom. The van der Waals surface area contributed by atoms with E-state index in [1.807, 2.05) is 0 Å². The van der Waals surface area contributed by atoms with Gasteiger partial charge >= 0.3 is 5.97 Å². The number of carbonyl (C=O) groups is 1. The van der Waals surface area contributed by atoms with Gasteiger partial charge in [-0.25, -0.2) is 9.48 Å². The van der Waals surface area contributed by atoms with E-state index in [0.717, 1.165) is 30.1 Å². The summed E-state index contributed by atoms with van der Waals surface area (Å²) in [6.07, 6.45) is 10.7. The number of aliphatic carboxylic acids is 1. The van der Waals surface area contributed by atoms with Crippen LogP contribution in [-0.4, -0.2) is 26.1 Å². The Balaban J connectivity index is 1.54. The normalized spacial score (nSPS) is 39.9. The molecule has 4 aliphatic carbocycles. The average molecular weight is 275 g/mol. The summed E-state index contributed by atoms with van der Waals surface area (Å²) in [5.74, 6) is 3.19. The molecule has 4 fully saturated rings. The lowest BCUT2D eigenvalue weighted by molar-refractivity contribution is -0.143. The molecule has 108 valence electrons. The van der Waals surface area contributed by atoms with Crippen molar-refractivity contribution < 1.29 is 9.90 Å². The molecule has 0 spiro atoms. The van der Waals surface area contributed by atoms with Crippen LogP contribution in [-0.2, 0) is 4.79 Å². The Kier molecular flexibility index (Phi) is 2.82. The topological polar surface area (TPSA) is 68.0 Å². The van der Waals surface area contributed by atoms with Crippen LogP contribution in [0.5, 0.6) is 0 Å². The van der Waals surface area contributed by atoms with Crippen molar-refractivity contribution >= 4 is 5.97 Å². The first kappa shape index (κ1) is 12.4. The Morgan fingerprint density at radius 1 is 1.20 bits per heavy atom. The number of rotatable bonds is 4. The molecule has 4 saturated carbocycles. The van der Waals surface area contributed by atoms with Gasteiger partial charge in [-0.15, -0.1) is 5.10 Å². The molecule has 0 saturated heterocycles. The number of nitrogens with zero attached hydrogens (tertiary/aromatic N) is 3. The molecule has 5 rings (SSSR count). The van der Waals surface area contributed by atoms with Gasteiger partial charge in [0.1, 0.15) is 0 Å². The van der Waals surface area contributed by atoms with Gasteiger partial charge < -0.3 is 5.11 Å². The zero-order valence-corrected chi connectivity index (χ0v) is 11.6. The van der Waals surface area contributed by atoms with Gasteiger partial charge in [-0.05, 0) is 68.1 Å². The van der Waals surface area contributed by atoms with E-state index in [4.69, 9.17) is 0 Å². The van der Waals surface area contributed by atoms with Crippen molar-refractivity contribution in [2.75, 3.05) is 0 Å². The summed E-state index contributed by atoms with van der Waals surface area (Å²) < 4.78 is 1.52. The fraction of sp³-hybridized carbons (Fsp3) is 0.800. The molecule has 1 unspecified atom stereocenters. The van der Waals surface area contributed by atoms with Crippen LogP contribution in [0, 0.1) is 29.6 Å². The standard InChI is InChI=1S/C15H21N3O2/c19-15(20)14(18-2-1-16-17-18)8-13-11-4-9-3-10(6-11)7-12(13)5-9/h1-2,9-14H,3-8H2,(H,19,20). The third kappa shape index (κ3) is 1.95. The van der Waals surface area contributed by atoms with Gasteiger partial charge in [0.2, 0.25) is 0 Å². The SMILES string of the molecule is O=C(O)C(CC1C2CC3CC(C2)CC1C3)n1ccnn1. The minimum Gasteiger partial charge on any atom is -0.480 e. The molecule has 4 bridgehead atoms. The smallest absolute Gasteiger partial charge is 0.328 e. The number of aromatic nitrogens is 3. The molecule has 1 aromatic rings. The maximum atomic E-state index is 11.6. The molecule has 4 aliphatic rings. The zero-order chi connectivity index (χ0) is 13.7. The van der Waals surface area contributed by atoms with Crippen LogP contribution < -0.4 is 0 Å². The van der Waals surface area contributed by atoms with E-state index in [1.54, 1.807) is 12.4 Å². The third-order valence-corrected chi connectivity index (χ3v) is 5.96. The highest BCUT2D eigenvalue weighted by Gasteiger charge is 2.49. The van der Waals surface area contributed by atoms with Crippen LogP contribution in [0.25, 0.3) is 0 Å². The fourth-order valence-electron chi connectivity index (χ4n) is 5.39. The van der Waals surface area contributed by atoms with Gasteiger partial charge in [-0.2, -0.15) is 0 Å². The molecule has 1 atom stereocenters.